The van der Waals surface area contributed by atoms with Crippen LogP contribution in [0.3, 0.4) is 0 Å². The first-order valence-electron chi connectivity index (χ1n) is 5.89. The van der Waals surface area contributed by atoms with Crippen LogP contribution in [0.25, 0.3) is 0 Å². The van der Waals surface area contributed by atoms with Gasteiger partial charge in [0.25, 0.3) is 5.91 Å². The molecule has 21 heavy (non-hydrogen) atoms. The van der Waals surface area contributed by atoms with Gasteiger partial charge >= 0.3 is 0 Å². The van der Waals surface area contributed by atoms with Crippen LogP contribution in [-0.2, 0) is 4.79 Å². The maximum atomic E-state index is 13.5. The first kappa shape index (κ1) is 15.4. The van der Waals surface area contributed by atoms with Crippen molar-refractivity contribution < 1.29 is 13.9 Å². The molecule has 3 N–H and O–H groups in total. The van der Waals surface area contributed by atoms with E-state index in [1.54, 1.807) is 12.1 Å². The summed E-state index contributed by atoms with van der Waals surface area (Å²) in [5, 5.41) is 3.04. The molecule has 0 aliphatic carbocycles. The number of benzene rings is 2. The van der Waals surface area contributed by atoms with Crippen LogP contribution in [0, 0.1) is 5.82 Å². The fourth-order valence-electron chi connectivity index (χ4n) is 1.58. The normalized spacial score (nSPS) is 10.2. The number of nitrogens with one attached hydrogen (secondary N) is 1. The fraction of sp³-hybridized carbons (Fsp3) is 0.0714. The average Bonchev–Trinajstić information content (AvgIpc) is 2.42. The smallest absolute Gasteiger partial charge is 0.262 e. The van der Waals surface area contributed by atoms with Crippen molar-refractivity contribution in [1.82, 2.24) is 0 Å². The molecule has 0 radical (unpaired) electrons. The van der Waals surface area contributed by atoms with Gasteiger partial charge < -0.3 is 15.8 Å². The number of hydrogen-bond donors (Lipinski definition) is 2. The van der Waals surface area contributed by atoms with E-state index in [-0.39, 0.29) is 10.8 Å². The molecule has 0 saturated heterocycles. The van der Waals surface area contributed by atoms with E-state index >= 15 is 0 Å². The molecule has 2 aromatic carbocycles. The molecule has 0 spiro atoms. The van der Waals surface area contributed by atoms with Gasteiger partial charge in [-0.05, 0) is 30.3 Å². The summed E-state index contributed by atoms with van der Waals surface area (Å²) in [6.07, 6.45) is 0. The Labute approximate surface area is 130 Å². The third kappa shape index (κ3) is 4.00. The number of halogens is 3. The number of carbonyl (C=O) groups is 1. The molecular weight excluding hydrogens is 318 g/mol. The zero-order valence-electron chi connectivity index (χ0n) is 10.7. The number of ether oxygens (including phenoxy) is 1. The predicted molar refractivity (Wildman–Crippen MR) is 81.4 cm³/mol. The molecule has 2 aromatic rings. The Morgan fingerprint density at radius 3 is 2.76 bits per heavy atom. The van der Waals surface area contributed by atoms with Crippen molar-refractivity contribution in [3.05, 3.63) is 52.3 Å². The van der Waals surface area contributed by atoms with Crippen LogP contribution in [0.1, 0.15) is 0 Å². The fourth-order valence-corrected chi connectivity index (χ4v) is 1.97. The van der Waals surface area contributed by atoms with Gasteiger partial charge in [-0.2, -0.15) is 0 Å². The maximum Gasteiger partial charge on any atom is 0.262 e. The molecule has 0 fully saturated rings. The number of nitrogen functional groups attached to an aromatic ring is 1. The standard InChI is InChI=1S/C14H11Cl2FN2O2/c15-8-4-5-11(18)12(6-8)19-13(20)7-21-14-9(16)2-1-3-10(14)17/h1-6H,7,18H2,(H,19,20). The highest BCUT2D eigenvalue weighted by Gasteiger charge is 2.11. The van der Waals surface area contributed by atoms with Crippen LogP contribution < -0.4 is 15.8 Å². The third-order valence-electron chi connectivity index (χ3n) is 2.56. The quantitative estimate of drug-likeness (QED) is 0.840. The minimum atomic E-state index is -0.641. The molecule has 0 heterocycles. The number of rotatable bonds is 4. The first-order valence-corrected chi connectivity index (χ1v) is 6.64. The van der Waals surface area contributed by atoms with E-state index in [1.807, 2.05) is 0 Å². The largest absolute Gasteiger partial charge is 0.479 e. The summed E-state index contributed by atoms with van der Waals surface area (Å²) >= 11 is 11.6. The van der Waals surface area contributed by atoms with Crippen LogP contribution in [0.15, 0.2) is 36.4 Å². The number of anilines is 2. The predicted octanol–water partition coefficient (Wildman–Crippen LogP) is 3.73. The summed E-state index contributed by atoms with van der Waals surface area (Å²) in [5.74, 6) is -1.32. The highest BCUT2D eigenvalue weighted by molar-refractivity contribution is 6.32. The summed E-state index contributed by atoms with van der Waals surface area (Å²) in [7, 11) is 0. The minimum absolute atomic E-state index is 0.0880. The molecule has 7 heteroatoms. The lowest BCUT2D eigenvalue weighted by molar-refractivity contribution is -0.118. The Balaban J connectivity index is 2.01. The van der Waals surface area contributed by atoms with Gasteiger partial charge in [-0.25, -0.2) is 4.39 Å². The van der Waals surface area contributed by atoms with Crippen molar-refractivity contribution in [2.24, 2.45) is 0 Å². The molecule has 110 valence electrons. The van der Waals surface area contributed by atoms with E-state index in [9.17, 15) is 9.18 Å². The Hall–Kier alpha value is -1.98. The average molecular weight is 329 g/mol. The highest BCUT2D eigenvalue weighted by Crippen LogP contribution is 2.27. The van der Waals surface area contributed by atoms with Gasteiger partial charge in [0, 0.05) is 5.02 Å². The van der Waals surface area contributed by atoms with Crippen molar-refractivity contribution >= 4 is 40.5 Å². The van der Waals surface area contributed by atoms with Crippen LogP contribution in [0.5, 0.6) is 5.75 Å². The SMILES string of the molecule is Nc1ccc(Cl)cc1NC(=O)COc1c(F)cccc1Cl. The second-order valence-electron chi connectivity index (χ2n) is 4.12. The van der Waals surface area contributed by atoms with Gasteiger partial charge in [0.15, 0.2) is 18.2 Å². The lowest BCUT2D eigenvalue weighted by Gasteiger charge is -2.11. The Kier molecular flexibility index (Phi) is 4.88. The van der Waals surface area contributed by atoms with Gasteiger partial charge in [-0.1, -0.05) is 29.3 Å². The minimum Gasteiger partial charge on any atom is -0.479 e. The molecule has 0 aromatic heterocycles. The second kappa shape index (κ2) is 6.65. The van der Waals surface area contributed by atoms with Gasteiger partial charge in [0.2, 0.25) is 0 Å². The third-order valence-corrected chi connectivity index (χ3v) is 3.09. The first-order chi connectivity index (χ1) is 9.97. The van der Waals surface area contributed by atoms with E-state index in [0.717, 1.165) is 0 Å². The van der Waals surface area contributed by atoms with Crippen LogP contribution >= 0.6 is 23.2 Å². The van der Waals surface area contributed by atoms with Gasteiger partial charge in [0.1, 0.15) is 0 Å². The van der Waals surface area contributed by atoms with Crippen LogP contribution in [0.4, 0.5) is 15.8 Å². The zero-order chi connectivity index (χ0) is 15.4. The molecule has 0 aliphatic heterocycles. The highest BCUT2D eigenvalue weighted by atomic mass is 35.5. The van der Waals surface area contributed by atoms with E-state index in [4.69, 9.17) is 33.7 Å². The zero-order valence-corrected chi connectivity index (χ0v) is 12.2. The van der Waals surface area contributed by atoms with E-state index in [1.165, 1.54) is 24.3 Å². The number of carbonyl (C=O) groups excluding carboxylic acids is 1. The molecule has 2 rings (SSSR count). The number of hydrogen-bond acceptors (Lipinski definition) is 3. The molecule has 0 aliphatic rings. The van der Waals surface area contributed by atoms with Crippen LogP contribution in [0.2, 0.25) is 10.0 Å². The van der Waals surface area contributed by atoms with E-state index < -0.39 is 18.3 Å². The van der Waals surface area contributed by atoms with Gasteiger partial charge in [0.05, 0.1) is 16.4 Å². The molecule has 1 amide bonds. The molecule has 4 nitrogen and oxygen atoms in total. The Morgan fingerprint density at radius 1 is 1.29 bits per heavy atom. The lowest BCUT2D eigenvalue weighted by Crippen LogP contribution is -2.21. The van der Waals surface area contributed by atoms with Gasteiger partial charge in [-0.15, -0.1) is 0 Å². The lowest BCUT2D eigenvalue weighted by atomic mass is 10.2. The van der Waals surface area contributed by atoms with E-state index in [2.05, 4.69) is 5.32 Å². The van der Waals surface area contributed by atoms with Crippen molar-refractivity contribution in [2.45, 2.75) is 0 Å². The van der Waals surface area contributed by atoms with Crippen molar-refractivity contribution in [3.8, 4) is 5.75 Å². The summed E-state index contributed by atoms with van der Waals surface area (Å²) in [6.45, 7) is -0.410. The summed E-state index contributed by atoms with van der Waals surface area (Å²) in [4.78, 5) is 11.8. The number of para-hydroxylation sites is 1. The van der Waals surface area contributed by atoms with Crippen molar-refractivity contribution in [3.63, 3.8) is 0 Å². The second-order valence-corrected chi connectivity index (χ2v) is 4.96. The molecular formula is C14H11Cl2FN2O2. The molecule has 0 saturated carbocycles. The number of nitrogens with two attached hydrogens (primary N) is 1. The van der Waals surface area contributed by atoms with Crippen molar-refractivity contribution in [2.75, 3.05) is 17.7 Å². The topological polar surface area (TPSA) is 64.3 Å². The summed E-state index contributed by atoms with van der Waals surface area (Å²) in [6, 6.07) is 8.76. The van der Waals surface area contributed by atoms with Gasteiger partial charge in [-0.3, -0.25) is 4.79 Å². The summed E-state index contributed by atoms with van der Waals surface area (Å²) < 4.78 is 18.5. The van der Waals surface area contributed by atoms with Crippen molar-refractivity contribution in [1.29, 1.82) is 0 Å². The maximum absolute atomic E-state index is 13.5. The Bertz CT molecular complexity index is 660. The van der Waals surface area contributed by atoms with Crippen LogP contribution in [-0.4, -0.2) is 12.5 Å². The van der Waals surface area contributed by atoms with E-state index in [0.29, 0.717) is 16.4 Å². The Morgan fingerprint density at radius 2 is 2.05 bits per heavy atom. The summed E-state index contributed by atoms with van der Waals surface area (Å²) in [5.41, 5.74) is 6.41. The molecule has 0 atom stereocenters. The molecule has 0 bridgehead atoms. The number of amides is 1. The molecule has 0 unspecified atom stereocenters. The monoisotopic (exact) mass is 328 g/mol.